The largest absolute Gasteiger partial charge is 0.208 e. The summed E-state index contributed by atoms with van der Waals surface area (Å²) in [4.78, 5) is 15.4. The summed E-state index contributed by atoms with van der Waals surface area (Å²) in [6.45, 7) is 4.52. The standard InChI is InChI=1S/C63H45N3/c1-3-21-43-40(2)62(51-31-14-12-28-47(43)51)53-33-16-18-35-55(53)63(56-36-19-17-34-54(56)62)52-32-15-13-29-50(52)58-48(30-20-37-57(58)63)46-38-39-49(45-27-11-10-26-44(45)46)61-65-59(41-22-6-4-7-23-41)64-60(66-61)42-24-8-5-9-25-42/h3-19,21-36,38-39H,20,37H2,1-2H3/b21-3-. The van der Waals surface area contributed by atoms with Crippen molar-refractivity contribution in [2.45, 2.75) is 37.5 Å². The van der Waals surface area contributed by atoms with Gasteiger partial charge < -0.3 is 0 Å². The molecule has 312 valence electrons. The van der Waals surface area contributed by atoms with Crippen LogP contribution in [0.3, 0.4) is 0 Å². The van der Waals surface area contributed by atoms with Crippen LogP contribution in [0.1, 0.15) is 76.8 Å². The Morgan fingerprint density at radius 2 is 0.879 bits per heavy atom. The maximum Gasteiger partial charge on any atom is 0.164 e. The smallest absolute Gasteiger partial charge is 0.164 e. The molecule has 0 fully saturated rings. The lowest BCUT2D eigenvalue weighted by molar-refractivity contribution is 0.598. The van der Waals surface area contributed by atoms with Gasteiger partial charge in [0.2, 0.25) is 0 Å². The zero-order valence-corrected chi connectivity index (χ0v) is 37.0. The van der Waals surface area contributed by atoms with Crippen LogP contribution in [0.2, 0.25) is 0 Å². The molecule has 9 aromatic rings. The van der Waals surface area contributed by atoms with E-state index in [1.54, 1.807) is 0 Å². The molecule has 0 aliphatic heterocycles. The molecule has 1 aromatic heterocycles. The Hall–Kier alpha value is -8.01. The molecule has 0 unspecified atom stereocenters. The lowest BCUT2D eigenvalue weighted by Gasteiger charge is -2.50. The fourth-order valence-corrected chi connectivity index (χ4v) is 12.4. The lowest BCUT2D eigenvalue weighted by Crippen LogP contribution is -2.44. The summed E-state index contributed by atoms with van der Waals surface area (Å²) < 4.78 is 0. The second-order valence-electron chi connectivity index (χ2n) is 18.0. The first-order valence-corrected chi connectivity index (χ1v) is 23.2. The monoisotopic (exact) mass is 843 g/mol. The molecule has 0 saturated heterocycles. The zero-order valence-electron chi connectivity index (χ0n) is 37.0. The summed E-state index contributed by atoms with van der Waals surface area (Å²) >= 11 is 0. The van der Waals surface area contributed by atoms with E-state index in [1.165, 1.54) is 83.3 Å². The number of fused-ring (bicyclic) bond motifs is 13. The Morgan fingerprint density at radius 1 is 0.424 bits per heavy atom. The van der Waals surface area contributed by atoms with Crippen LogP contribution in [0.5, 0.6) is 0 Å². The van der Waals surface area contributed by atoms with E-state index < -0.39 is 10.8 Å². The molecule has 0 radical (unpaired) electrons. The third-order valence-electron chi connectivity index (χ3n) is 14.9. The lowest BCUT2D eigenvalue weighted by atomic mass is 9.51. The minimum atomic E-state index is -0.481. The normalized spacial score (nSPS) is 19.0. The number of rotatable bonds is 5. The van der Waals surface area contributed by atoms with Crippen molar-refractivity contribution in [1.82, 2.24) is 15.0 Å². The van der Waals surface area contributed by atoms with Gasteiger partial charge in [0.25, 0.3) is 0 Å². The van der Waals surface area contributed by atoms with Gasteiger partial charge in [0.1, 0.15) is 0 Å². The van der Waals surface area contributed by atoms with Gasteiger partial charge in [0, 0.05) is 16.7 Å². The van der Waals surface area contributed by atoms with Crippen molar-refractivity contribution >= 4 is 27.5 Å². The summed E-state index contributed by atoms with van der Waals surface area (Å²) in [5, 5.41) is 2.29. The second-order valence-corrected chi connectivity index (χ2v) is 18.0. The second kappa shape index (κ2) is 14.8. The van der Waals surface area contributed by atoms with Crippen LogP contribution in [-0.2, 0) is 10.8 Å². The fraction of sp³-hybridized carbons (Fsp3) is 0.0952. The van der Waals surface area contributed by atoms with E-state index in [1.807, 2.05) is 36.4 Å². The minimum Gasteiger partial charge on any atom is -0.208 e. The molecular weight excluding hydrogens is 799 g/mol. The predicted molar refractivity (Wildman–Crippen MR) is 271 cm³/mol. The van der Waals surface area contributed by atoms with Crippen LogP contribution in [-0.4, -0.2) is 15.0 Å². The minimum absolute atomic E-state index is 0.433. The molecule has 66 heavy (non-hydrogen) atoms. The Bertz CT molecular complexity index is 3500. The van der Waals surface area contributed by atoms with E-state index in [9.17, 15) is 0 Å². The van der Waals surface area contributed by atoms with E-state index >= 15 is 0 Å². The molecular formula is C63H45N3. The van der Waals surface area contributed by atoms with Gasteiger partial charge in [-0.15, -0.1) is 0 Å². The molecule has 0 saturated carbocycles. The van der Waals surface area contributed by atoms with E-state index in [0.29, 0.717) is 17.5 Å². The van der Waals surface area contributed by atoms with E-state index in [-0.39, 0.29) is 0 Å². The quantitative estimate of drug-likeness (QED) is 0.173. The van der Waals surface area contributed by atoms with E-state index in [2.05, 4.69) is 190 Å². The Labute approximate surface area is 385 Å². The Balaban J connectivity index is 1.04. The zero-order chi connectivity index (χ0) is 44.0. The molecule has 0 bridgehead atoms. The molecule has 0 atom stereocenters. The fourth-order valence-electron chi connectivity index (χ4n) is 12.4. The predicted octanol–water partition coefficient (Wildman–Crippen LogP) is 15.0. The third-order valence-corrected chi connectivity index (χ3v) is 14.9. The molecule has 3 heteroatoms. The molecule has 1 heterocycles. The van der Waals surface area contributed by atoms with Gasteiger partial charge in [0.15, 0.2) is 17.5 Å². The van der Waals surface area contributed by atoms with E-state index in [0.717, 1.165) is 34.9 Å². The van der Waals surface area contributed by atoms with Crippen molar-refractivity contribution in [1.29, 1.82) is 0 Å². The van der Waals surface area contributed by atoms with Gasteiger partial charge in [-0.2, -0.15) is 0 Å². The van der Waals surface area contributed by atoms with Crippen molar-refractivity contribution in [2.24, 2.45) is 0 Å². The average molecular weight is 844 g/mol. The number of hydrogen-bond acceptors (Lipinski definition) is 3. The van der Waals surface area contributed by atoms with Crippen LogP contribution in [0.25, 0.3) is 61.7 Å². The Morgan fingerprint density at radius 3 is 1.47 bits per heavy atom. The third kappa shape index (κ3) is 5.17. The maximum atomic E-state index is 5.19. The van der Waals surface area contributed by atoms with Gasteiger partial charge in [-0.1, -0.05) is 206 Å². The number of aromatic nitrogens is 3. The molecule has 4 aliphatic carbocycles. The molecule has 8 aromatic carbocycles. The van der Waals surface area contributed by atoms with Gasteiger partial charge in [-0.25, -0.2) is 15.0 Å². The van der Waals surface area contributed by atoms with Crippen LogP contribution < -0.4 is 0 Å². The summed E-state index contributed by atoms with van der Waals surface area (Å²) in [6, 6.07) is 71.1. The number of allylic oxidation sites excluding steroid dienone is 8. The number of hydrogen-bond donors (Lipinski definition) is 0. The first-order valence-electron chi connectivity index (χ1n) is 23.2. The van der Waals surface area contributed by atoms with E-state index in [4.69, 9.17) is 15.0 Å². The molecule has 0 N–H and O–H groups in total. The molecule has 0 amide bonds. The van der Waals surface area contributed by atoms with Crippen LogP contribution in [0.15, 0.2) is 223 Å². The number of nitrogens with zero attached hydrogens (tertiary/aromatic N) is 3. The van der Waals surface area contributed by atoms with Gasteiger partial charge in [-0.3, -0.25) is 0 Å². The maximum absolute atomic E-state index is 5.19. The molecule has 13 rings (SSSR count). The van der Waals surface area contributed by atoms with Crippen molar-refractivity contribution in [3.8, 4) is 34.2 Å². The van der Waals surface area contributed by atoms with Crippen molar-refractivity contribution in [3.63, 3.8) is 0 Å². The summed E-state index contributed by atoms with van der Waals surface area (Å²) in [5.41, 5.74) is 21.0. The van der Waals surface area contributed by atoms with Crippen LogP contribution >= 0.6 is 0 Å². The van der Waals surface area contributed by atoms with Crippen molar-refractivity contribution in [2.75, 3.05) is 0 Å². The summed E-state index contributed by atoms with van der Waals surface area (Å²) in [7, 11) is 0. The topological polar surface area (TPSA) is 38.7 Å². The highest BCUT2D eigenvalue weighted by molar-refractivity contribution is 6.17. The summed E-state index contributed by atoms with van der Waals surface area (Å²) in [5.74, 6) is 1.97. The van der Waals surface area contributed by atoms with Gasteiger partial charge >= 0.3 is 0 Å². The van der Waals surface area contributed by atoms with Gasteiger partial charge in [-0.05, 0) is 121 Å². The average Bonchev–Trinajstić information content (AvgIpc) is 3.82. The Kier molecular flexibility index (Phi) is 8.60. The first kappa shape index (κ1) is 38.4. The van der Waals surface area contributed by atoms with Crippen LogP contribution in [0.4, 0.5) is 0 Å². The highest BCUT2D eigenvalue weighted by Gasteiger charge is 2.59. The molecule has 2 spiro atoms. The molecule has 4 aliphatic rings. The first-order chi connectivity index (χ1) is 32.6. The van der Waals surface area contributed by atoms with Crippen molar-refractivity contribution in [3.05, 3.63) is 274 Å². The number of benzene rings is 8. The highest BCUT2D eigenvalue weighted by atomic mass is 15.0. The van der Waals surface area contributed by atoms with Crippen LogP contribution in [0, 0.1) is 0 Å². The SMILES string of the molecule is C/C=C\C1=C(C)C2(c3ccccc31)c1ccccc1C1(C3=C(C(c4ccc(-c5nc(-c6ccccc6)nc(-c6ccccc6)n5)c5ccccc45)=CCC3)c3ccccc31)c1ccccc12. The van der Waals surface area contributed by atoms with Crippen molar-refractivity contribution < 1.29 is 0 Å². The van der Waals surface area contributed by atoms with Gasteiger partial charge in [0.05, 0.1) is 10.8 Å². The highest BCUT2D eigenvalue weighted by Crippen LogP contribution is 2.68. The summed E-state index contributed by atoms with van der Waals surface area (Å²) in [6.07, 6.45) is 8.93. The molecule has 3 nitrogen and oxygen atoms in total.